The van der Waals surface area contributed by atoms with Gasteiger partial charge in [0, 0.05) is 23.6 Å². The second-order valence-electron chi connectivity index (χ2n) is 3.02. The molecule has 0 radical (unpaired) electrons. The Bertz CT molecular complexity index is 401. The highest BCUT2D eigenvalue weighted by molar-refractivity contribution is 5.86. The molecule has 0 aliphatic rings. The van der Waals surface area contributed by atoms with Gasteiger partial charge < -0.3 is 10.7 Å². The number of aromatic nitrogens is 1. The molecular formula is C10H12N2. The molecule has 2 nitrogen and oxygen atoms in total. The zero-order valence-corrected chi connectivity index (χ0v) is 7.09. The SMILES string of the molecule is Cc1cccc2[nH]cc(CN)c12. The van der Waals surface area contributed by atoms with E-state index in [1.807, 2.05) is 6.20 Å². The van der Waals surface area contributed by atoms with E-state index in [0.717, 1.165) is 0 Å². The van der Waals surface area contributed by atoms with Gasteiger partial charge in [0.05, 0.1) is 0 Å². The van der Waals surface area contributed by atoms with Crippen molar-refractivity contribution in [2.45, 2.75) is 13.5 Å². The lowest BCUT2D eigenvalue weighted by Crippen LogP contribution is -1.94. The van der Waals surface area contributed by atoms with E-state index in [0.29, 0.717) is 6.54 Å². The lowest BCUT2D eigenvalue weighted by atomic mass is 10.1. The molecule has 0 aliphatic carbocycles. The van der Waals surface area contributed by atoms with E-state index < -0.39 is 0 Å². The first-order valence-corrected chi connectivity index (χ1v) is 4.08. The summed E-state index contributed by atoms with van der Waals surface area (Å²) in [4.78, 5) is 3.20. The fraction of sp³-hybridized carbons (Fsp3) is 0.200. The molecule has 0 saturated carbocycles. The van der Waals surface area contributed by atoms with Crippen molar-refractivity contribution in [1.29, 1.82) is 0 Å². The van der Waals surface area contributed by atoms with Crippen molar-refractivity contribution in [2.75, 3.05) is 0 Å². The lowest BCUT2D eigenvalue weighted by Gasteiger charge is -1.97. The lowest BCUT2D eigenvalue weighted by molar-refractivity contribution is 1.08. The predicted octanol–water partition coefficient (Wildman–Crippen LogP) is 1.94. The van der Waals surface area contributed by atoms with Gasteiger partial charge in [0.1, 0.15) is 0 Å². The Morgan fingerprint density at radius 1 is 1.42 bits per heavy atom. The molecule has 12 heavy (non-hydrogen) atoms. The van der Waals surface area contributed by atoms with Gasteiger partial charge in [-0.05, 0) is 24.1 Å². The van der Waals surface area contributed by atoms with E-state index in [1.165, 1.54) is 22.0 Å². The van der Waals surface area contributed by atoms with Gasteiger partial charge in [0.25, 0.3) is 0 Å². The Kier molecular flexibility index (Phi) is 1.62. The molecule has 0 bridgehead atoms. The second-order valence-corrected chi connectivity index (χ2v) is 3.02. The van der Waals surface area contributed by atoms with Crippen LogP contribution in [0.4, 0.5) is 0 Å². The molecule has 0 aliphatic heterocycles. The van der Waals surface area contributed by atoms with Gasteiger partial charge in [0.2, 0.25) is 0 Å². The zero-order chi connectivity index (χ0) is 8.55. The number of nitrogens with two attached hydrogens (primary N) is 1. The van der Waals surface area contributed by atoms with Crippen LogP contribution in [-0.4, -0.2) is 4.98 Å². The zero-order valence-electron chi connectivity index (χ0n) is 7.09. The van der Waals surface area contributed by atoms with Crippen LogP contribution in [0.15, 0.2) is 24.4 Å². The predicted molar refractivity (Wildman–Crippen MR) is 50.9 cm³/mol. The van der Waals surface area contributed by atoms with E-state index in [-0.39, 0.29) is 0 Å². The minimum absolute atomic E-state index is 0.602. The first-order valence-electron chi connectivity index (χ1n) is 4.08. The number of benzene rings is 1. The third-order valence-electron chi connectivity index (χ3n) is 2.22. The molecule has 1 aromatic heterocycles. The number of aryl methyl sites for hydroxylation is 1. The Hall–Kier alpha value is -1.28. The van der Waals surface area contributed by atoms with E-state index in [4.69, 9.17) is 5.73 Å². The quantitative estimate of drug-likeness (QED) is 0.657. The molecule has 0 saturated heterocycles. The van der Waals surface area contributed by atoms with Crippen LogP contribution in [0.1, 0.15) is 11.1 Å². The van der Waals surface area contributed by atoms with Crippen molar-refractivity contribution in [3.05, 3.63) is 35.5 Å². The van der Waals surface area contributed by atoms with Crippen LogP contribution >= 0.6 is 0 Å². The summed E-state index contributed by atoms with van der Waals surface area (Å²) in [6, 6.07) is 6.23. The van der Waals surface area contributed by atoms with Crippen molar-refractivity contribution >= 4 is 10.9 Å². The summed E-state index contributed by atoms with van der Waals surface area (Å²) in [5, 5.41) is 1.28. The topological polar surface area (TPSA) is 41.8 Å². The maximum Gasteiger partial charge on any atom is 0.0459 e. The van der Waals surface area contributed by atoms with Crippen LogP contribution in [-0.2, 0) is 6.54 Å². The molecule has 2 aromatic rings. The van der Waals surface area contributed by atoms with Crippen LogP contribution < -0.4 is 5.73 Å². The Morgan fingerprint density at radius 2 is 2.25 bits per heavy atom. The monoisotopic (exact) mass is 160 g/mol. The van der Waals surface area contributed by atoms with Gasteiger partial charge in [-0.15, -0.1) is 0 Å². The minimum atomic E-state index is 0.602. The van der Waals surface area contributed by atoms with Crippen LogP contribution in [0.2, 0.25) is 0 Å². The van der Waals surface area contributed by atoms with Crippen LogP contribution in [0.25, 0.3) is 10.9 Å². The highest BCUT2D eigenvalue weighted by Crippen LogP contribution is 2.21. The Balaban J connectivity index is 2.83. The van der Waals surface area contributed by atoms with Crippen molar-refractivity contribution in [1.82, 2.24) is 4.98 Å². The van der Waals surface area contributed by atoms with Crippen molar-refractivity contribution in [3.63, 3.8) is 0 Å². The molecule has 62 valence electrons. The van der Waals surface area contributed by atoms with Gasteiger partial charge >= 0.3 is 0 Å². The highest BCUT2D eigenvalue weighted by atomic mass is 14.7. The Labute approximate surface area is 71.4 Å². The number of aromatic amines is 1. The van der Waals surface area contributed by atoms with E-state index in [2.05, 4.69) is 30.1 Å². The van der Waals surface area contributed by atoms with Crippen molar-refractivity contribution in [3.8, 4) is 0 Å². The third-order valence-corrected chi connectivity index (χ3v) is 2.22. The van der Waals surface area contributed by atoms with Crippen molar-refractivity contribution < 1.29 is 0 Å². The number of fused-ring (bicyclic) bond motifs is 1. The fourth-order valence-corrected chi connectivity index (χ4v) is 1.61. The summed E-state index contributed by atoms with van der Waals surface area (Å²) in [6.45, 7) is 2.71. The molecule has 0 amide bonds. The average molecular weight is 160 g/mol. The maximum atomic E-state index is 5.61. The summed E-state index contributed by atoms with van der Waals surface area (Å²) in [5.41, 5.74) is 9.27. The van der Waals surface area contributed by atoms with E-state index in [9.17, 15) is 0 Å². The minimum Gasteiger partial charge on any atom is -0.361 e. The van der Waals surface area contributed by atoms with Gasteiger partial charge in [-0.25, -0.2) is 0 Å². The van der Waals surface area contributed by atoms with Gasteiger partial charge in [0.15, 0.2) is 0 Å². The van der Waals surface area contributed by atoms with Crippen LogP contribution in [0.5, 0.6) is 0 Å². The summed E-state index contributed by atoms with van der Waals surface area (Å²) < 4.78 is 0. The number of hydrogen-bond donors (Lipinski definition) is 2. The van der Waals surface area contributed by atoms with Gasteiger partial charge in [-0.2, -0.15) is 0 Å². The number of hydrogen-bond acceptors (Lipinski definition) is 1. The smallest absolute Gasteiger partial charge is 0.0459 e. The van der Waals surface area contributed by atoms with Crippen molar-refractivity contribution in [2.24, 2.45) is 5.73 Å². The summed E-state index contributed by atoms with van der Waals surface area (Å²) in [7, 11) is 0. The molecule has 0 atom stereocenters. The molecule has 1 aromatic carbocycles. The first kappa shape index (κ1) is 7.37. The highest BCUT2D eigenvalue weighted by Gasteiger charge is 2.02. The molecular weight excluding hydrogens is 148 g/mol. The summed E-state index contributed by atoms with van der Waals surface area (Å²) in [5.74, 6) is 0. The van der Waals surface area contributed by atoms with E-state index in [1.54, 1.807) is 0 Å². The van der Waals surface area contributed by atoms with E-state index >= 15 is 0 Å². The number of rotatable bonds is 1. The third kappa shape index (κ3) is 0.924. The van der Waals surface area contributed by atoms with Gasteiger partial charge in [-0.1, -0.05) is 12.1 Å². The van der Waals surface area contributed by atoms with Gasteiger partial charge in [-0.3, -0.25) is 0 Å². The number of H-pyrrole nitrogens is 1. The fourth-order valence-electron chi connectivity index (χ4n) is 1.61. The normalized spacial score (nSPS) is 10.8. The second kappa shape index (κ2) is 2.64. The average Bonchev–Trinajstić information content (AvgIpc) is 2.49. The van der Waals surface area contributed by atoms with Crippen LogP contribution in [0.3, 0.4) is 0 Å². The van der Waals surface area contributed by atoms with Crippen LogP contribution in [0, 0.1) is 6.92 Å². The number of nitrogens with one attached hydrogen (secondary N) is 1. The Morgan fingerprint density at radius 3 is 3.00 bits per heavy atom. The maximum absolute atomic E-state index is 5.61. The first-order chi connectivity index (χ1) is 5.83. The molecule has 0 spiro atoms. The standard InChI is InChI=1S/C10H12N2/c1-7-3-2-4-9-10(7)8(5-11)6-12-9/h2-4,6,12H,5,11H2,1H3. The molecule has 2 rings (SSSR count). The molecule has 1 heterocycles. The summed E-state index contributed by atoms with van der Waals surface area (Å²) >= 11 is 0. The molecule has 0 unspecified atom stereocenters. The largest absolute Gasteiger partial charge is 0.361 e. The summed E-state index contributed by atoms with van der Waals surface area (Å²) in [6.07, 6.45) is 1.98. The molecule has 0 fully saturated rings. The molecule has 2 heteroatoms. The molecule has 3 N–H and O–H groups in total.